The Morgan fingerprint density at radius 3 is 2.64 bits per heavy atom. The number of methoxy groups -OCH3 is 2. The Morgan fingerprint density at radius 1 is 1.18 bits per heavy atom. The normalized spacial score (nSPS) is 14.9. The van der Waals surface area contributed by atoms with Crippen molar-refractivity contribution in [1.82, 2.24) is 9.97 Å². The van der Waals surface area contributed by atoms with Crippen molar-refractivity contribution in [3.05, 3.63) is 86.8 Å². The van der Waals surface area contributed by atoms with Gasteiger partial charge in [0.2, 0.25) is 0 Å². The van der Waals surface area contributed by atoms with E-state index in [4.69, 9.17) is 9.47 Å². The van der Waals surface area contributed by atoms with Crippen LogP contribution >= 0.6 is 11.8 Å². The third-order valence-corrected chi connectivity index (χ3v) is 6.33. The number of allylic oxidation sites excluding steroid dienone is 1. The highest BCUT2D eigenvalue weighted by Gasteiger charge is 2.36. The molecule has 0 aliphatic carbocycles. The van der Waals surface area contributed by atoms with Crippen LogP contribution in [0.3, 0.4) is 0 Å². The van der Waals surface area contributed by atoms with Crippen LogP contribution in [0.4, 0.5) is 5.82 Å². The topological polar surface area (TPSA) is 114 Å². The lowest BCUT2D eigenvalue weighted by Gasteiger charge is -2.28. The molecule has 1 aromatic heterocycles. The van der Waals surface area contributed by atoms with Gasteiger partial charge in [-0.3, -0.25) is 4.79 Å². The number of hydrogen-bond acceptors (Lipinski definition) is 8. The molecular formula is C24H23N3O5S. The Kier molecular flexibility index (Phi) is 6.41. The number of esters is 1. The highest BCUT2D eigenvalue weighted by molar-refractivity contribution is 7.98. The van der Waals surface area contributed by atoms with E-state index >= 15 is 0 Å². The highest BCUT2D eigenvalue weighted by atomic mass is 32.2. The molecule has 1 aliphatic rings. The number of hydrogen-bond donors (Lipinski definition) is 3. The summed E-state index contributed by atoms with van der Waals surface area (Å²) in [7, 11) is 2.72. The van der Waals surface area contributed by atoms with Gasteiger partial charge in [-0.15, -0.1) is 0 Å². The van der Waals surface area contributed by atoms with Gasteiger partial charge in [0, 0.05) is 11.4 Å². The largest absolute Gasteiger partial charge is 0.504 e. The summed E-state index contributed by atoms with van der Waals surface area (Å²) in [4.78, 5) is 33.4. The molecule has 9 heteroatoms. The predicted molar refractivity (Wildman–Crippen MR) is 126 cm³/mol. The average Bonchev–Trinajstić information content (AvgIpc) is 2.82. The molecule has 4 rings (SSSR count). The first-order chi connectivity index (χ1) is 15.9. The van der Waals surface area contributed by atoms with E-state index in [2.05, 4.69) is 15.3 Å². The summed E-state index contributed by atoms with van der Waals surface area (Å²) in [6, 6.07) is 14.6. The molecule has 0 bridgehead atoms. The minimum absolute atomic E-state index is 0.0459. The van der Waals surface area contributed by atoms with Crippen LogP contribution in [-0.2, 0) is 15.3 Å². The average molecular weight is 466 g/mol. The first-order valence-corrected chi connectivity index (χ1v) is 11.2. The zero-order valence-electron chi connectivity index (χ0n) is 18.3. The molecular weight excluding hydrogens is 442 g/mol. The minimum Gasteiger partial charge on any atom is -0.504 e. The van der Waals surface area contributed by atoms with E-state index in [-0.39, 0.29) is 28.2 Å². The van der Waals surface area contributed by atoms with E-state index in [1.54, 1.807) is 19.1 Å². The Balaban J connectivity index is 1.80. The number of aromatic amines is 1. The number of nitrogens with zero attached hydrogens (tertiary/aromatic N) is 1. The van der Waals surface area contributed by atoms with Gasteiger partial charge >= 0.3 is 5.97 Å². The van der Waals surface area contributed by atoms with Crippen molar-refractivity contribution < 1.29 is 19.4 Å². The number of fused-ring (bicyclic) bond motifs is 1. The van der Waals surface area contributed by atoms with Crippen LogP contribution in [0.15, 0.2) is 69.8 Å². The fourth-order valence-electron chi connectivity index (χ4n) is 3.81. The molecule has 1 aliphatic heterocycles. The van der Waals surface area contributed by atoms with Crippen molar-refractivity contribution in [2.45, 2.75) is 23.8 Å². The molecule has 0 amide bonds. The molecule has 0 radical (unpaired) electrons. The molecule has 3 N–H and O–H groups in total. The fraction of sp³-hybridized carbons (Fsp3) is 0.208. The fourth-order valence-corrected chi connectivity index (χ4v) is 4.63. The number of carbonyl (C=O) groups is 1. The maximum atomic E-state index is 13.3. The highest BCUT2D eigenvalue weighted by Crippen LogP contribution is 2.42. The first kappa shape index (κ1) is 22.5. The smallest absolute Gasteiger partial charge is 0.336 e. The quantitative estimate of drug-likeness (QED) is 0.286. The summed E-state index contributed by atoms with van der Waals surface area (Å²) >= 11 is 1.41. The Hall–Kier alpha value is -3.72. The number of rotatable bonds is 6. The Labute approximate surface area is 194 Å². The maximum absolute atomic E-state index is 13.3. The van der Waals surface area contributed by atoms with Crippen molar-refractivity contribution in [3.63, 3.8) is 0 Å². The number of aromatic hydroxyl groups is 1. The van der Waals surface area contributed by atoms with Gasteiger partial charge in [-0.25, -0.2) is 9.78 Å². The summed E-state index contributed by atoms with van der Waals surface area (Å²) in [5.41, 5.74) is 2.43. The van der Waals surface area contributed by atoms with Gasteiger partial charge in [0.1, 0.15) is 5.82 Å². The van der Waals surface area contributed by atoms with Crippen molar-refractivity contribution in [2.24, 2.45) is 0 Å². The van der Waals surface area contributed by atoms with E-state index in [1.165, 1.54) is 32.0 Å². The van der Waals surface area contributed by atoms with Gasteiger partial charge in [-0.2, -0.15) is 0 Å². The number of ether oxygens (including phenoxy) is 2. The molecule has 170 valence electrons. The number of benzene rings is 2. The molecule has 2 heterocycles. The van der Waals surface area contributed by atoms with E-state index in [0.29, 0.717) is 28.0 Å². The lowest BCUT2D eigenvalue weighted by atomic mass is 9.82. The molecule has 8 nitrogen and oxygen atoms in total. The standard InChI is InChI=1S/C24H23N3O5S/c1-13-18(23(30)32-3)19(15-9-10-16(28)17(11-15)31-2)20-21(25-13)26-24(27-22(20)29)33-12-14-7-5-4-6-8-14/h4-11,19,28H,12H2,1-3H3,(H2,25,26,27,29). The molecule has 0 saturated heterocycles. The van der Waals surface area contributed by atoms with Crippen LogP contribution in [0.1, 0.15) is 29.5 Å². The van der Waals surface area contributed by atoms with Crippen LogP contribution in [0.2, 0.25) is 0 Å². The number of aromatic nitrogens is 2. The van der Waals surface area contributed by atoms with Crippen molar-refractivity contribution >= 4 is 23.5 Å². The first-order valence-electron chi connectivity index (χ1n) is 10.2. The third kappa shape index (κ3) is 4.45. The Bertz CT molecular complexity index is 1290. The number of anilines is 1. The lowest BCUT2D eigenvalue weighted by molar-refractivity contribution is -0.136. The van der Waals surface area contributed by atoms with Crippen LogP contribution < -0.4 is 15.6 Å². The summed E-state index contributed by atoms with van der Waals surface area (Å²) in [6.45, 7) is 1.74. The van der Waals surface area contributed by atoms with E-state index in [0.717, 1.165) is 5.56 Å². The van der Waals surface area contributed by atoms with Gasteiger partial charge in [0.15, 0.2) is 16.7 Å². The number of phenolic OH excluding ortho intramolecular Hbond substituents is 1. The number of H-pyrrole nitrogens is 1. The molecule has 1 atom stereocenters. The number of nitrogens with one attached hydrogen (secondary N) is 2. The summed E-state index contributed by atoms with van der Waals surface area (Å²) in [5, 5.41) is 13.6. The molecule has 33 heavy (non-hydrogen) atoms. The molecule has 2 aromatic carbocycles. The summed E-state index contributed by atoms with van der Waals surface area (Å²) < 4.78 is 10.2. The van der Waals surface area contributed by atoms with Crippen molar-refractivity contribution in [1.29, 1.82) is 0 Å². The predicted octanol–water partition coefficient (Wildman–Crippen LogP) is 3.78. The second-order valence-electron chi connectivity index (χ2n) is 7.43. The van der Waals surface area contributed by atoms with Crippen LogP contribution in [0.5, 0.6) is 11.5 Å². The Morgan fingerprint density at radius 2 is 1.94 bits per heavy atom. The minimum atomic E-state index is -0.757. The van der Waals surface area contributed by atoms with Crippen molar-refractivity contribution in [3.8, 4) is 11.5 Å². The third-order valence-electron chi connectivity index (χ3n) is 5.38. The molecule has 0 saturated carbocycles. The zero-order chi connectivity index (χ0) is 23.5. The number of carbonyl (C=O) groups excluding carboxylic acids is 1. The number of phenols is 1. The molecule has 0 spiro atoms. The summed E-state index contributed by atoms with van der Waals surface area (Å²) in [6.07, 6.45) is 0. The maximum Gasteiger partial charge on any atom is 0.336 e. The monoisotopic (exact) mass is 465 g/mol. The molecule has 1 unspecified atom stereocenters. The second kappa shape index (κ2) is 9.41. The van der Waals surface area contributed by atoms with E-state index < -0.39 is 11.9 Å². The van der Waals surface area contributed by atoms with Gasteiger partial charge in [-0.05, 0) is 30.2 Å². The molecule has 0 fully saturated rings. The van der Waals surface area contributed by atoms with Crippen LogP contribution in [-0.4, -0.2) is 35.3 Å². The van der Waals surface area contributed by atoms with Gasteiger partial charge in [-0.1, -0.05) is 48.2 Å². The van der Waals surface area contributed by atoms with Crippen LogP contribution in [0, 0.1) is 0 Å². The van der Waals surface area contributed by atoms with Crippen LogP contribution in [0.25, 0.3) is 0 Å². The zero-order valence-corrected chi connectivity index (χ0v) is 19.2. The molecule has 3 aromatic rings. The van der Waals surface area contributed by atoms with Gasteiger partial charge < -0.3 is 24.9 Å². The van der Waals surface area contributed by atoms with Gasteiger partial charge in [0.05, 0.1) is 31.3 Å². The van der Waals surface area contributed by atoms with E-state index in [1.807, 2.05) is 30.3 Å². The van der Waals surface area contributed by atoms with Gasteiger partial charge in [0.25, 0.3) is 5.56 Å². The lowest BCUT2D eigenvalue weighted by Crippen LogP contribution is -2.31. The number of thioether (sulfide) groups is 1. The summed E-state index contributed by atoms with van der Waals surface area (Å²) in [5.74, 6) is -0.123. The SMILES string of the molecule is COC(=O)C1=C(C)Nc2nc(SCc3ccccc3)[nH]c(=O)c2C1c1ccc(O)c(OC)c1. The van der Waals surface area contributed by atoms with Crippen molar-refractivity contribution in [2.75, 3.05) is 19.5 Å². The second-order valence-corrected chi connectivity index (χ2v) is 8.39. The van der Waals surface area contributed by atoms with E-state index in [9.17, 15) is 14.7 Å².